The molecule has 1 heterocycles. The quantitative estimate of drug-likeness (QED) is 0.756. The Morgan fingerprint density at radius 1 is 1.09 bits per heavy atom. The van der Waals surface area contributed by atoms with Gasteiger partial charge in [-0.05, 0) is 48.9 Å². The number of rotatable bonds is 3. The third-order valence-corrected chi connectivity index (χ3v) is 5.01. The third-order valence-electron chi connectivity index (χ3n) is 4.62. The Labute approximate surface area is 145 Å². The van der Waals surface area contributed by atoms with Crippen molar-refractivity contribution in [2.24, 2.45) is 0 Å². The standard InChI is InChI=1S/C18H16Cl2N2O/c19-16-9-12(10-17(20)21-16)18(23)22(13-6-7-13)15-8-5-11-3-1-2-4-14(11)15/h1-4,9-10,13,15H,5-8H2. The summed E-state index contributed by atoms with van der Waals surface area (Å²) in [4.78, 5) is 19.1. The number of benzene rings is 1. The van der Waals surface area contributed by atoms with Gasteiger partial charge in [0, 0.05) is 11.6 Å². The Hall–Kier alpha value is -1.58. The van der Waals surface area contributed by atoms with E-state index in [4.69, 9.17) is 23.2 Å². The largest absolute Gasteiger partial charge is 0.329 e. The molecule has 1 unspecified atom stereocenters. The van der Waals surface area contributed by atoms with Gasteiger partial charge in [-0.25, -0.2) is 4.98 Å². The zero-order chi connectivity index (χ0) is 16.0. The summed E-state index contributed by atoms with van der Waals surface area (Å²) < 4.78 is 0. The first-order valence-corrected chi connectivity index (χ1v) is 8.62. The average molecular weight is 347 g/mol. The number of fused-ring (bicyclic) bond motifs is 1. The zero-order valence-corrected chi connectivity index (χ0v) is 14.0. The second kappa shape index (κ2) is 5.81. The van der Waals surface area contributed by atoms with Crippen molar-refractivity contribution in [2.45, 2.75) is 37.8 Å². The van der Waals surface area contributed by atoms with E-state index in [9.17, 15) is 4.79 Å². The van der Waals surface area contributed by atoms with Crippen LogP contribution in [0.3, 0.4) is 0 Å². The SMILES string of the molecule is O=C(c1cc(Cl)nc(Cl)c1)N(C1CC1)C1CCc2ccccc21. The Morgan fingerprint density at radius 3 is 2.48 bits per heavy atom. The topological polar surface area (TPSA) is 33.2 Å². The lowest BCUT2D eigenvalue weighted by Gasteiger charge is -2.30. The summed E-state index contributed by atoms with van der Waals surface area (Å²) in [6, 6.07) is 12.1. The molecule has 0 N–H and O–H groups in total. The molecule has 1 aromatic heterocycles. The third kappa shape index (κ3) is 2.84. The van der Waals surface area contributed by atoms with Crippen LogP contribution < -0.4 is 0 Å². The molecule has 1 amide bonds. The van der Waals surface area contributed by atoms with Gasteiger partial charge in [0.2, 0.25) is 0 Å². The fourth-order valence-corrected chi connectivity index (χ4v) is 3.94. The highest BCUT2D eigenvalue weighted by atomic mass is 35.5. The maximum Gasteiger partial charge on any atom is 0.254 e. The average Bonchev–Trinajstić information content (AvgIpc) is 3.27. The van der Waals surface area contributed by atoms with Gasteiger partial charge in [0.15, 0.2) is 0 Å². The van der Waals surface area contributed by atoms with Gasteiger partial charge in [-0.15, -0.1) is 0 Å². The van der Waals surface area contributed by atoms with Crippen molar-refractivity contribution in [1.29, 1.82) is 0 Å². The summed E-state index contributed by atoms with van der Waals surface area (Å²) in [6.07, 6.45) is 4.14. The highest BCUT2D eigenvalue weighted by Crippen LogP contribution is 2.42. The van der Waals surface area contributed by atoms with Gasteiger partial charge in [-0.2, -0.15) is 0 Å². The van der Waals surface area contributed by atoms with Gasteiger partial charge in [0.25, 0.3) is 5.91 Å². The molecule has 1 fully saturated rings. The number of amides is 1. The second-order valence-electron chi connectivity index (χ2n) is 6.20. The van der Waals surface area contributed by atoms with Crippen LogP contribution in [0.15, 0.2) is 36.4 Å². The second-order valence-corrected chi connectivity index (χ2v) is 6.97. The molecule has 1 atom stereocenters. The van der Waals surface area contributed by atoms with Crippen molar-refractivity contribution in [3.63, 3.8) is 0 Å². The highest BCUT2D eigenvalue weighted by molar-refractivity contribution is 6.33. The summed E-state index contributed by atoms with van der Waals surface area (Å²) >= 11 is 11.9. The van der Waals surface area contributed by atoms with Gasteiger partial charge in [-0.3, -0.25) is 4.79 Å². The molecule has 23 heavy (non-hydrogen) atoms. The first-order valence-electron chi connectivity index (χ1n) is 7.87. The van der Waals surface area contributed by atoms with E-state index in [-0.39, 0.29) is 22.3 Å². The molecule has 2 aromatic rings. The Balaban J connectivity index is 1.70. The first-order chi connectivity index (χ1) is 11.1. The van der Waals surface area contributed by atoms with E-state index in [0.717, 1.165) is 25.7 Å². The number of carbonyl (C=O) groups excluding carboxylic acids is 1. The van der Waals surface area contributed by atoms with Crippen LogP contribution in [0.5, 0.6) is 0 Å². The van der Waals surface area contributed by atoms with Crippen LogP contribution in [0, 0.1) is 0 Å². The molecule has 0 saturated heterocycles. The Morgan fingerprint density at radius 2 is 1.78 bits per heavy atom. The summed E-state index contributed by atoms with van der Waals surface area (Å²) in [5.41, 5.74) is 3.15. The number of aromatic nitrogens is 1. The minimum Gasteiger partial charge on any atom is -0.329 e. The lowest BCUT2D eigenvalue weighted by molar-refractivity contribution is 0.0658. The number of pyridine rings is 1. The van der Waals surface area contributed by atoms with Crippen LogP contribution in [-0.2, 0) is 6.42 Å². The number of hydrogen-bond acceptors (Lipinski definition) is 2. The van der Waals surface area contributed by atoms with Crippen LogP contribution in [-0.4, -0.2) is 21.8 Å². The van der Waals surface area contributed by atoms with E-state index in [2.05, 4.69) is 23.2 Å². The molecular formula is C18H16Cl2N2O. The number of hydrogen-bond donors (Lipinski definition) is 0. The molecule has 1 saturated carbocycles. The zero-order valence-electron chi connectivity index (χ0n) is 12.5. The monoisotopic (exact) mass is 346 g/mol. The van der Waals surface area contributed by atoms with Gasteiger partial charge in [0.1, 0.15) is 10.3 Å². The van der Waals surface area contributed by atoms with Crippen LogP contribution in [0.1, 0.15) is 46.8 Å². The molecular weight excluding hydrogens is 331 g/mol. The Bertz CT molecular complexity index is 753. The van der Waals surface area contributed by atoms with Gasteiger partial charge in [0.05, 0.1) is 6.04 Å². The maximum atomic E-state index is 13.1. The summed E-state index contributed by atoms with van der Waals surface area (Å²) in [5.74, 6) is 0.000373. The van der Waals surface area contributed by atoms with Crippen LogP contribution >= 0.6 is 23.2 Å². The number of aryl methyl sites for hydroxylation is 1. The van der Waals surface area contributed by atoms with E-state index >= 15 is 0 Å². The minimum absolute atomic E-state index is 0.000373. The van der Waals surface area contributed by atoms with Crippen molar-refractivity contribution in [1.82, 2.24) is 9.88 Å². The van der Waals surface area contributed by atoms with Crippen LogP contribution in [0.4, 0.5) is 0 Å². The molecule has 2 aliphatic carbocycles. The maximum absolute atomic E-state index is 13.1. The van der Waals surface area contributed by atoms with E-state index in [1.165, 1.54) is 11.1 Å². The van der Waals surface area contributed by atoms with E-state index in [1.54, 1.807) is 12.1 Å². The highest BCUT2D eigenvalue weighted by Gasteiger charge is 2.40. The van der Waals surface area contributed by atoms with E-state index < -0.39 is 0 Å². The van der Waals surface area contributed by atoms with Crippen LogP contribution in [0.2, 0.25) is 10.3 Å². The van der Waals surface area contributed by atoms with E-state index in [0.29, 0.717) is 11.6 Å². The van der Waals surface area contributed by atoms with Crippen molar-refractivity contribution in [3.05, 3.63) is 63.4 Å². The predicted molar refractivity (Wildman–Crippen MR) is 91.0 cm³/mol. The fraction of sp³-hybridized carbons (Fsp3) is 0.333. The summed E-state index contributed by atoms with van der Waals surface area (Å²) in [5, 5.41) is 0.506. The molecule has 0 radical (unpaired) electrons. The Kier molecular flexibility index (Phi) is 3.78. The van der Waals surface area contributed by atoms with Gasteiger partial charge < -0.3 is 4.90 Å². The molecule has 0 bridgehead atoms. The number of halogens is 2. The first kappa shape index (κ1) is 15.0. The van der Waals surface area contributed by atoms with Gasteiger partial charge in [-0.1, -0.05) is 47.5 Å². The fourth-order valence-electron chi connectivity index (χ4n) is 3.48. The van der Waals surface area contributed by atoms with Crippen molar-refractivity contribution in [3.8, 4) is 0 Å². The van der Waals surface area contributed by atoms with Crippen molar-refractivity contribution < 1.29 is 4.79 Å². The molecule has 118 valence electrons. The minimum atomic E-state index is 0.000373. The van der Waals surface area contributed by atoms with Gasteiger partial charge >= 0.3 is 0 Å². The summed E-state index contributed by atoms with van der Waals surface area (Å²) in [6.45, 7) is 0. The predicted octanol–water partition coefficient (Wildman–Crippen LogP) is 4.68. The molecule has 0 aliphatic heterocycles. The smallest absolute Gasteiger partial charge is 0.254 e. The lowest BCUT2D eigenvalue weighted by atomic mass is 10.1. The normalized spacial score (nSPS) is 19.5. The number of carbonyl (C=O) groups is 1. The molecule has 0 spiro atoms. The molecule has 4 rings (SSSR count). The molecule has 3 nitrogen and oxygen atoms in total. The van der Waals surface area contributed by atoms with E-state index in [1.807, 2.05) is 11.0 Å². The molecule has 5 heteroatoms. The summed E-state index contributed by atoms with van der Waals surface area (Å²) in [7, 11) is 0. The van der Waals surface area contributed by atoms with Crippen LogP contribution in [0.25, 0.3) is 0 Å². The van der Waals surface area contributed by atoms with Crippen molar-refractivity contribution in [2.75, 3.05) is 0 Å². The molecule has 2 aliphatic rings. The lowest BCUT2D eigenvalue weighted by Crippen LogP contribution is -2.36. The number of nitrogens with zero attached hydrogens (tertiary/aromatic N) is 2. The molecule has 1 aromatic carbocycles. The van der Waals surface area contributed by atoms with Crippen molar-refractivity contribution >= 4 is 29.1 Å².